The van der Waals surface area contributed by atoms with Crippen LogP contribution in [0.2, 0.25) is 0 Å². The second kappa shape index (κ2) is 4.83. The van der Waals surface area contributed by atoms with Crippen LogP contribution < -0.4 is 0 Å². The van der Waals surface area contributed by atoms with Gasteiger partial charge in [-0.2, -0.15) is 5.26 Å². The molecule has 0 aromatic heterocycles. The summed E-state index contributed by atoms with van der Waals surface area (Å²) in [6.07, 6.45) is 9.89. The molecule has 0 radical (unpaired) electrons. The molecule has 0 aromatic carbocycles. The highest BCUT2D eigenvalue weighted by molar-refractivity contribution is 5.27. The van der Waals surface area contributed by atoms with E-state index in [2.05, 4.69) is 26.0 Å². The van der Waals surface area contributed by atoms with E-state index in [0.29, 0.717) is 24.2 Å². The molecule has 0 spiro atoms. The highest BCUT2D eigenvalue weighted by atomic mass is 16.3. The van der Waals surface area contributed by atoms with E-state index in [9.17, 15) is 15.5 Å². The molecule has 0 saturated heterocycles. The van der Waals surface area contributed by atoms with Crippen molar-refractivity contribution < 1.29 is 10.2 Å². The number of hydrogen-bond donors (Lipinski definition) is 2. The molecule has 2 N–H and O–H groups in total. The van der Waals surface area contributed by atoms with Crippen LogP contribution in [-0.2, 0) is 0 Å². The molecule has 3 heteroatoms. The van der Waals surface area contributed by atoms with Crippen molar-refractivity contribution in [2.45, 2.75) is 76.9 Å². The van der Waals surface area contributed by atoms with Gasteiger partial charge >= 0.3 is 0 Å². The summed E-state index contributed by atoms with van der Waals surface area (Å²) in [4.78, 5) is 0. The Morgan fingerprint density at radius 2 is 1.87 bits per heavy atom. The molecular weight excluding hydrogens is 286 g/mol. The molecule has 6 unspecified atom stereocenters. The standard InChI is InChI=1S/C20H29NO2/c1-18-8-5-14(22)11-13(18)3-4-15-16(18)6-9-19(2)17(15)7-10-20(19,23)12-21/h3,14-17,22-23H,4-11H2,1-2H3/t14-,15?,16?,17?,18?,19?,20?/m0/s1. The largest absolute Gasteiger partial charge is 0.393 e. The van der Waals surface area contributed by atoms with E-state index >= 15 is 0 Å². The van der Waals surface area contributed by atoms with Gasteiger partial charge in [0.15, 0.2) is 5.60 Å². The second-order valence-corrected chi connectivity index (χ2v) is 9.12. The minimum atomic E-state index is -1.13. The monoisotopic (exact) mass is 315 g/mol. The molecule has 0 amide bonds. The lowest BCUT2D eigenvalue weighted by Gasteiger charge is -2.58. The normalized spacial score (nSPS) is 55.2. The third kappa shape index (κ3) is 1.88. The van der Waals surface area contributed by atoms with Crippen LogP contribution in [0.1, 0.15) is 65.2 Å². The lowest BCUT2D eigenvalue weighted by molar-refractivity contribution is -0.0978. The number of rotatable bonds is 0. The van der Waals surface area contributed by atoms with Crippen LogP contribution >= 0.6 is 0 Å². The molecule has 0 heterocycles. The molecule has 0 aromatic rings. The van der Waals surface area contributed by atoms with Crippen molar-refractivity contribution in [3.63, 3.8) is 0 Å². The van der Waals surface area contributed by atoms with E-state index in [4.69, 9.17) is 0 Å². The predicted molar refractivity (Wildman–Crippen MR) is 88.3 cm³/mol. The number of nitrogens with zero attached hydrogens (tertiary/aromatic N) is 1. The molecule has 4 aliphatic carbocycles. The van der Waals surface area contributed by atoms with Gasteiger partial charge in [-0.1, -0.05) is 25.5 Å². The number of allylic oxidation sites excluding steroid dienone is 1. The van der Waals surface area contributed by atoms with E-state index in [1.54, 1.807) is 0 Å². The third-order valence-electron chi connectivity index (χ3n) is 8.41. The first kappa shape index (κ1) is 15.7. The Balaban J connectivity index is 1.69. The number of hydrogen-bond acceptors (Lipinski definition) is 3. The SMILES string of the molecule is CC12CC[C@H](O)CC1=CCC1C2CCC2(C)C1CCC2(O)C#N. The van der Waals surface area contributed by atoms with Crippen molar-refractivity contribution >= 4 is 0 Å². The van der Waals surface area contributed by atoms with Gasteiger partial charge in [-0.05, 0) is 74.5 Å². The second-order valence-electron chi connectivity index (χ2n) is 9.12. The maximum Gasteiger partial charge on any atom is 0.156 e. The van der Waals surface area contributed by atoms with Crippen molar-refractivity contribution in [2.24, 2.45) is 28.6 Å². The third-order valence-corrected chi connectivity index (χ3v) is 8.41. The average Bonchev–Trinajstić information content (AvgIpc) is 2.80. The minimum Gasteiger partial charge on any atom is -0.393 e. The van der Waals surface area contributed by atoms with Gasteiger partial charge in [0, 0.05) is 5.41 Å². The summed E-state index contributed by atoms with van der Waals surface area (Å²) in [5.74, 6) is 1.72. The molecular formula is C20H29NO2. The number of aliphatic hydroxyl groups is 2. The van der Waals surface area contributed by atoms with Crippen molar-refractivity contribution in [3.8, 4) is 6.07 Å². The van der Waals surface area contributed by atoms with E-state index < -0.39 is 5.60 Å². The van der Waals surface area contributed by atoms with Crippen LogP contribution in [0.5, 0.6) is 0 Å². The van der Waals surface area contributed by atoms with Gasteiger partial charge in [0.05, 0.1) is 12.2 Å². The fourth-order valence-corrected chi connectivity index (χ4v) is 6.84. The van der Waals surface area contributed by atoms with Crippen LogP contribution in [0, 0.1) is 39.9 Å². The maximum atomic E-state index is 10.9. The average molecular weight is 315 g/mol. The summed E-state index contributed by atoms with van der Waals surface area (Å²) in [7, 11) is 0. The van der Waals surface area contributed by atoms with Crippen molar-refractivity contribution in [3.05, 3.63) is 11.6 Å². The van der Waals surface area contributed by atoms with Gasteiger partial charge < -0.3 is 10.2 Å². The van der Waals surface area contributed by atoms with E-state index in [1.807, 2.05) is 0 Å². The summed E-state index contributed by atoms with van der Waals surface area (Å²) in [6, 6.07) is 2.25. The van der Waals surface area contributed by atoms with Gasteiger partial charge in [-0.25, -0.2) is 0 Å². The molecule has 4 rings (SSSR count). The Bertz CT molecular complexity index is 593. The van der Waals surface area contributed by atoms with Crippen molar-refractivity contribution in [1.29, 1.82) is 5.26 Å². The Morgan fingerprint density at radius 3 is 2.61 bits per heavy atom. The molecule has 3 nitrogen and oxygen atoms in total. The first-order chi connectivity index (χ1) is 10.8. The summed E-state index contributed by atoms with van der Waals surface area (Å²) >= 11 is 0. The van der Waals surface area contributed by atoms with Crippen LogP contribution in [0.25, 0.3) is 0 Å². The quantitative estimate of drug-likeness (QED) is 0.530. The van der Waals surface area contributed by atoms with Crippen molar-refractivity contribution in [1.82, 2.24) is 0 Å². The number of fused-ring (bicyclic) bond motifs is 5. The topological polar surface area (TPSA) is 64.2 Å². The maximum absolute atomic E-state index is 10.9. The van der Waals surface area contributed by atoms with Crippen LogP contribution in [-0.4, -0.2) is 21.9 Å². The molecule has 7 atom stereocenters. The molecule has 3 fully saturated rings. The van der Waals surface area contributed by atoms with E-state index in [0.717, 1.165) is 44.9 Å². The molecule has 4 aliphatic rings. The molecule has 0 aliphatic heterocycles. The zero-order valence-corrected chi connectivity index (χ0v) is 14.4. The molecule has 23 heavy (non-hydrogen) atoms. The number of aliphatic hydroxyl groups excluding tert-OH is 1. The summed E-state index contributed by atoms with van der Waals surface area (Å²) in [6.45, 7) is 4.58. The van der Waals surface area contributed by atoms with Crippen LogP contribution in [0.4, 0.5) is 0 Å². The molecule has 3 saturated carbocycles. The summed E-state index contributed by atoms with van der Waals surface area (Å²) in [5.41, 5.74) is 0.348. The smallest absolute Gasteiger partial charge is 0.156 e. The Morgan fingerprint density at radius 1 is 1.13 bits per heavy atom. The highest BCUT2D eigenvalue weighted by Gasteiger charge is 2.64. The lowest BCUT2D eigenvalue weighted by Crippen LogP contribution is -2.54. The molecule has 0 bridgehead atoms. The van der Waals surface area contributed by atoms with Gasteiger partial charge in [0.1, 0.15) is 0 Å². The predicted octanol–water partition coefficient (Wildman–Crippen LogP) is 3.56. The minimum absolute atomic E-state index is 0.158. The molecule has 126 valence electrons. The number of nitriles is 1. The van der Waals surface area contributed by atoms with E-state index in [1.165, 1.54) is 5.57 Å². The van der Waals surface area contributed by atoms with Crippen LogP contribution in [0.3, 0.4) is 0 Å². The van der Waals surface area contributed by atoms with Gasteiger partial charge in [-0.15, -0.1) is 0 Å². The van der Waals surface area contributed by atoms with Gasteiger partial charge in [0.25, 0.3) is 0 Å². The van der Waals surface area contributed by atoms with Gasteiger partial charge in [0.2, 0.25) is 0 Å². The van der Waals surface area contributed by atoms with Gasteiger partial charge in [-0.3, -0.25) is 0 Å². The zero-order chi connectivity index (χ0) is 16.5. The highest BCUT2D eigenvalue weighted by Crippen LogP contribution is 2.66. The Labute approximate surface area is 139 Å². The fraction of sp³-hybridized carbons (Fsp3) is 0.850. The van der Waals surface area contributed by atoms with E-state index in [-0.39, 0.29) is 16.9 Å². The zero-order valence-electron chi connectivity index (χ0n) is 14.4. The summed E-state index contributed by atoms with van der Waals surface area (Å²) in [5, 5.41) is 30.5. The Hall–Kier alpha value is -0.850. The summed E-state index contributed by atoms with van der Waals surface area (Å²) < 4.78 is 0. The first-order valence-electron chi connectivity index (χ1n) is 9.35. The Kier molecular flexibility index (Phi) is 3.29. The van der Waals surface area contributed by atoms with Crippen molar-refractivity contribution in [2.75, 3.05) is 0 Å². The first-order valence-corrected chi connectivity index (χ1v) is 9.35. The van der Waals surface area contributed by atoms with Crippen LogP contribution in [0.15, 0.2) is 11.6 Å². The lowest BCUT2D eigenvalue weighted by atomic mass is 9.47. The fourth-order valence-electron chi connectivity index (χ4n) is 6.84.